The molecule has 1 atom stereocenters. The number of pyridine rings is 1. The monoisotopic (exact) mass is 609 g/mol. The van der Waals surface area contributed by atoms with Gasteiger partial charge in [-0.2, -0.15) is 23.5 Å². The molecule has 6 rings (SSSR count). The molecule has 4 aromatic rings. The molecule has 0 aromatic carbocycles. The van der Waals surface area contributed by atoms with Gasteiger partial charge in [-0.3, -0.25) is 4.68 Å². The number of anilines is 1. The number of nitrogens with zero attached hydrogens (tertiary/aromatic N) is 7. The molecule has 232 valence electrons. The number of aliphatic hydroxyl groups is 1. The molecule has 4 aromatic heterocycles. The first kappa shape index (κ1) is 29.8. The van der Waals surface area contributed by atoms with E-state index in [0.29, 0.717) is 43.6 Å². The molecule has 1 saturated heterocycles. The lowest BCUT2D eigenvalue weighted by Crippen LogP contribution is -2.41. The van der Waals surface area contributed by atoms with Gasteiger partial charge in [-0.05, 0) is 43.9 Å². The largest absolute Gasteiger partial charge is 0.474 e. The van der Waals surface area contributed by atoms with Gasteiger partial charge in [-0.15, -0.1) is 0 Å². The summed E-state index contributed by atoms with van der Waals surface area (Å²) in [5, 5.41) is 27.9. The number of alkyl halides is 3. The van der Waals surface area contributed by atoms with Crippen LogP contribution in [-0.2, 0) is 18.3 Å². The molecule has 14 heteroatoms. The average Bonchev–Trinajstić information content (AvgIpc) is 3.63. The van der Waals surface area contributed by atoms with Crippen molar-refractivity contribution < 1.29 is 23.0 Å². The van der Waals surface area contributed by atoms with E-state index in [4.69, 9.17) is 9.84 Å². The molecule has 0 bridgehead atoms. The molecule has 1 aliphatic carbocycles. The van der Waals surface area contributed by atoms with Crippen LogP contribution in [-0.4, -0.2) is 66.7 Å². The molecular weight excluding hydrogens is 575 g/mol. The van der Waals surface area contributed by atoms with Crippen molar-refractivity contribution in [3.8, 4) is 23.2 Å². The number of halogens is 3. The Morgan fingerprint density at radius 3 is 2.73 bits per heavy atom. The standard InChI is InChI=1S/C30H34F3N9O2/c1-19(43)15-35-16-20-13-24(30(31,32)33)39-25(14-20)44-21-4-11-41(12-5-21)28-23(26-22-3-10-36-27(22)38-18-37-26)17-42(40-28)29(8-9-34)6-2-7-29/h3,10,13-14,17-19,21,35,43H,2,4-8,11-12,15-16H2,1H3,(H,36,37,38)/t19-/m1/s1. The number of aromatic nitrogens is 6. The highest BCUT2D eigenvalue weighted by molar-refractivity contribution is 5.93. The normalized spacial score (nSPS) is 17.8. The molecular formula is C30H34F3N9O2. The van der Waals surface area contributed by atoms with Crippen LogP contribution in [0.2, 0.25) is 0 Å². The van der Waals surface area contributed by atoms with E-state index in [1.807, 2.05) is 23.1 Å². The maximum atomic E-state index is 13.6. The van der Waals surface area contributed by atoms with E-state index < -0.39 is 18.0 Å². The quantitative estimate of drug-likeness (QED) is 0.236. The number of nitrogens with one attached hydrogen (secondary N) is 2. The van der Waals surface area contributed by atoms with E-state index in [0.717, 1.165) is 47.8 Å². The SMILES string of the molecule is C[C@@H](O)CNCc1cc(OC2CCN(c3nn(C4(CC#N)CCC4)cc3-c3ncnc4[nH]ccc34)CC2)nc(C(F)(F)F)c1. The van der Waals surface area contributed by atoms with E-state index >= 15 is 0 Å². The maximum Gasteiger partial charge on any atom is 0.433 e. The Balaban J connectivity index is 1.23. The summed E-state index contributed by atoms with van der Waals surface area (Å²) in [4.78, 5) is 18.0. The minimum atomic E-state index is -4.62. The molecule has 2 fully saturated rings. The lowest BCUT2D eigenvalue weighted by molar-refractivity contribution is -0.141. The third-order valence-corrected chi connectivity index (χ3v) is 8.43. The second kappa shape index (κ2) is 12.0. The summed E-state index contributed by atoms with van der Waals surface area (Å²) in [6.45, 7) is 3.10. The van der Waals surface area contributed by atoms with E-state index in [-0.39, 0.29) is 30.6 Å². The Morgan fingerprint density at radius 2 is 2.05 bits per heavy atom. The number of aromatic amines is 1. The molecule has 0 unspecified atom stereocenters. The first-order chi connectivity index (χ1) is 21.1. The van der Waals surface area contributed by atoms with Crippen molar-refractivity contribution >= 4 is 16.9 Å². The number of aliphatic hydroxyl groups excluding tert-OH is 1. The Kier molecular flexibility index (Phi) is 8.17. The zero-order valence-corrected chi connectivity index (χ0v) is 24.3. The molecule has 3 N–H and O–H groups in total. The highest BCUT2D eigenvalue weighted by Gasteiger charge is 2.41. The summed E-state index contributed by atoms with van der Waals surface area (Å²) in [5.74, 6) is 0.675. The van der Waals surface area contributed by atoms with Crippen LogP contribution in [0.3, 0.4) is 0 Å². The molecule has 1 saturated carbocycles. The second-order valence-corrected chi connectivity index (χ2v) is 11.7. The number of rotatable bonds is 10. The number of hydrogen-bond acceptors (Lipinski definition) is 9. The van der Waals surface area contributed by atoms with Crippen LogP contribution in [0, 0.1) is 11.3 Å². The first-order valence-electron chi connectivity index (χ1n) is 14.8. The van der Waals surface area contributed by atoms with Gasteiger partial charge >= 0.3 is 6.18 Å². The fourth-order valence-electron chi connectivity index (χ4n) is 5.96. The van der Waals surface area contributed by atoms with Crippen LogP contribution in [0.25, 0.3) is 22.3 Å². The zero-order valence-electron chi connectivity index (χ0n) is 24.3. The maximum absolute atomic E-state index is 13.6. The molecule has 1 aliphatic heterocycles. The summed E-state index contributed by atoms with van der Waals surface area (Å²) >= 11 is 0. The van der Waals surface area contributed by atoms with Crippen LogP contribution >= 0.6 is 0 Å². The Bertz CT molecular complexity index is 1650. The van der Waals surface area contributed by atoms with Gasteiger partial charge in [0.2, 0.25) is 5.88 Å². The number of fused-ring (bicyclic) bond motifs is 1. The Morgan fingerprint density at radius 1 is 1.25 bits per heavy atom. The van der Waals surface area contributed by atoms with Gasteiger partial charge in [-0.25, -0.2) is 15.0 Å². The van der Waals surface area contributed by atoms with Crippen molar-refractivity contribution in [3.63, 3.8) is 0 Å². The topological polar surface area (TPSA) is 141 Å². The summed E-state index contributed by atoms with van der Waals surface area (Å²) in [5.41, 5.74) is 1.31. The smallest absolute Gasteiger partial charge is 0.433 e. The summed E-state index contributed by atoms with van der Waals surface area (Å²) in [7, 11) is 0. The van der Waals surface area contributed by atoms with Gasteiger partial charge in [-0.1, -0.05) is 0 Å². The molecule has 2 aliphatic rings. The first-order valence-corrected chi connectivity index (χ1v) is 14.8. The van der Waals surface area contributed by atoms with Crippen molar-refractivity contribution in [2.45, 2.75) is 75.9 Å². The third kappa shape index (κ3) is 6.07. The van der Waals surface area contributed by atoms with E-state index in [1.54, 1.807) is 6.92 Å². The fourth-order valence-corrected chi connectivity index (χ4v) is 5.96. The van der Waals surface area contributed by atoms with Gasteiger partial charge in [0.15, 0.2) is 5.82 Å². The molecule has 11 nitrogen and oxygen atoms in total. The summed E-state index contributed by atoms with van der Waals surface area (Å²) in [6, 6.07) is 6.77. The van der Waals surface area contributed by atoms with Gasteiger partial charge in [0.25, 0.3) is 0 Å². The number of piperidine rings is 1. The number of ether oxygens (including phenoxy) is 1. The molecule has 5 heterocycles. The van der Waals surface area contributed by atoms with Gasteiger partial charge in [0.05, 0.1) is 35.4 Å². The zero-order chi connectivity index (χ0) is 30.9. The fraction of sp³-hybridized carbons (Fsp3) is 0.500. The summed E-state index contributed by atoms with van der Waals surface area (Å²) < 4.78 is 48.8. The minimum Gasteiger partial charge on any atom is -0.474 e. The second-order valence-electron chi connectivity index (χ2n) is 11.7. The summed E-state index contributed by atoms with van der Waals surface area (Å²) in [6.07, 6.45) is 3.99. The lowest BCUT2D eigenvalue weighted by Gasteiger charge is -2.40. The predicted octanol–water partition coefficient (Wildman–Crippen LogP) is 4.55. The highest BCUT2D eigenvalue weighted by Crippen LogP contribution is 2.44. The van der Waals surface area contributed by atoms with Gasteiger partial charge in [0.1, 0.15) is 23.8 Å². The highest BCUT2D eigenvalue weighted by atomic mass is 19.4. The van der Waals surface area contributed by atoms with E-state index in [1.165, 1.54) is 12.4 Å². The van der Waals surface area contributed by atoms with Crippen LogP contribution in [0.4, 0.5) is 19.0 Å². The van der Waals surface area contributed by atoms with Crippen molar-refractivity contribution in [2.75, 3.05) is 24.5 Å². The molecule has 0 amide bonds. The van der Waals surface area contributed by atoms with Crippen LogP contribution < -0.4 is 15.0 Å². The molecule has 0 spiro atoms. The number of H-pyrrole nitrogens is 1. The van der Waals surface area contributed by atoms with Crippen molar-refractivity contribution in [2.24, 2.45) is 0 Å². The number of hydrogen-bond donors (Lipinski definition) is 3. The predicted molar refractivity (Wildman–Crippen MR) is 156 cm³/mol. The van der Waals surface area contributed by atoms with Crippen LogP contribution in [0.5, 0.6) is 5.88 Å². The van der Waals surface area contributed by atoms with Crippen molar-refractivity contribution in [3.05, 3.63) is 48.2 Å². The molecule has 44 heavy (non-hydrogen) atoms. The van der Waals surface area contributed by atoms with E-state index in [2.05, 4.69) is 36.2 Å². The molecule has 0 radical (unpaired) electrons. The van der Waals surface area contributed by atoms with Gasteiger partial charge < -0.3 is 25.0 Å². The average molecular weight is 610 g/mol. The van der Waals surface area contributed by atoms with Crippen LogP contribution in [0.1, 0.15) is 56.7 Å². The minimum absolute atomic E-state index is 0.0728. The lowest BCUT2D eigenvalue weighted by atomic mass is 9.75. The van der Waals surface area contributed by atoms with E-state index in [9.17, 15) is 23.5 Å². The van der Waals surface area contributed by atoms with Crippen molar-refractivity contribution in [1.82, 2.24) is 35.0 Å². The number of nitriles is 1. The Hall–Kier alpha value is -4.22. The van der Waals surface area contributed by atoms with Gasteiger partial charge in [0, 0.05) is 62.9 Å². The Labute approximate surface area is 252 Å². The third-order valence-electron chi connectivity index (χ3n) is 8.43. The van der Waals surface area contributed by atoms with Crippen molar-refractivity contribution in [1.29, 1.82) is 5.26 Å². The van der Waals surface area contributed by atoms with Crippen LogP contribution in [0.15, 0.2) is 36.9 Å².